The molecule has 0 fully saturated rings. The summed E-state index contributed by atoms with van der Waals surface area (Å²) in [7, 11) is 0. The van der Waals surface area contributed by atoms with E-state index < -0.39 is 0 Å². The van der Waals surface area contributed by atoms with E-state index in [0.29, 0.717) is 0 Å². The second kappa shape index (κ2) is 14.1. The number of benzene rings is 10. The third-order valence-electron chi connectivity index (χ3n) is 11.5. The van der Waals surface area contributed by atoms with Gasteiger partial charge < -0.3 is 9.32 Å². The summed E-state index contributed by atoms with van der Waals surface area (Å²) in [6.07, 6.45) is 0. The van der Waals surface area contributed by atoms with Gasteiger partial charge in [-0.1, -0.05) is 170 Å². The molecule has 0 amide bonds. The molecule has 11 rings (SSSR count). The van der Waals surface area contributed by atoms with E-state index >= 15 is 0 Å². The minimum Gasteiger partial charge on any atom is -0.455 e. The van der Waals surface area contributed by atoms with E-state index in [1.807, 2.05) is 12.1 Å². The molecule has 58 heavy (non-hydrogen) atoms. The molecule has 0 saturated carbocycles. The highest BCUT2D eigenvalue weighted by atomic mass is 16.3. The number of nitrogens with zero attached hydrogens (tertiary/aromatic N) is 1. The first kappa shape index (κ1) is 33.6. The van der Waals surface area contributed by atoms with Crippen molar-refractivity contribution in [1.29, 1.82) is 0 Å². The molecule has 1 heterocycles. The number of fused-ring (bicyclic) bond motifs is 5. The van der Waals surface area contributed by atoms with Crippen LogP contribution in [0.3, 0.4) is 0 Å². The predicted octanol–water partition coefficient (Wildman–Crippen LogP) is 16.0. The summed E-state index contributed by atoms with van der Waals surface area (Å²) in [5.74, 6) is 0. The van der Waals surface area contributed by atoms with Crippen LogP contribution in [-0.4, -0.2) is 0 Å². The van der Waals surface area contributed by atoms with Crippen LogP contribution in [0.2, 0.25) is 0 Å². The first-order valence-corrected chi connectivity index (χ1v) is 19.8. The van der Waals surface area contributed by atoms with Gasteiger partial charge >= 0.3 is 0 Å². The fourth-order valence-corrected chi connectivity index (χ4v) is 8.52. The quantitative estimate of drug-likeness (QED) is 0.162. The maximum absolute atomic E-state index is 6.42. The second-order valence-corrected chi connectivity index (χ2v) is 14.9. The van der Waals surface area contributed by atoms with Gasteiger partial charge in [-0.05, 0) is 115 Å². The fraction of sp³-hybridized carbons (Fsp3) is 0. The lowest BCUT2D eigenvalue weighted by Gasteiger charge is -2.26. The fourth-order valence-electron chi connectivity index (χ4n) is 8.52. The predicted molar refractivity (Wildman–Crippen MR) is 245 cm³/mol. The second-order valence-electron chi connectivity index (χ2n) is 14.9. The number of rotatable bonds is 7. The molecule has 0 unspecified atom stereocenters. The topological polar surface area (TPSA) is 16.4 Å². The monoisotopic (exact) mass is 739 g/mol. The van der Waals surface area contributed by atoms with Crippen molar-refractivity contribution in [2.24, 2.45) is 0 Å². The van der Waals surface area contributed by atoms with Gasteiger partial charge in [0.05, 0.1) is 0 Å². The molecule has 0 N–H and O–H groups in total. The largest absolute Gasteiger partial charge is 0.455 e. The van der Waals surface area contributed by atoms with Gasteiger partial charge in [-0.15, -0.1) is 0 Å². The van der Waals surface area contributed by atoms with E-state index in [9.17, 15) is 0 Å². The van der Waals surface area contributed by atoms with Crippen molar-refractivity contribution in [3.05, 3.63) is 224 Å². The van der Waals surface area contributed by atoms with Gasteiger partial charge in [0.1, 0.15) is 11.2 Å². The first-order valence-electron chi connectivity index (χ1n) is 19.8. The highest BCUT2D eigenvalue weighted by molar-refractivity contribution is 6.09. The number of hydrogen-bond donors (Lipinski definition) is 0. The van der Waals surface area contributed by atoms with Gasteiger partial charge in [0, 0.05) is 33.4 Å². The molecule has 0 spiro atoms. The Labute approximate surface area is 337 Å². The minimum absolute atomic E-state index is 0.906. The number of para-hydroxylation sites is 2. The molecule has 1 aromatic heterocycles. The molecule has 0 radical (unpaired) electrons. The van der Waals surface area contributed by atoms with Crippen molar-refractivity contribution in [2.75, 3.05) is 4.90 Å². The minimum atomic E-state index is 0.906. The molecule has 2 nitrogen and oxygen atoms in total. The van der Waals surface area contributed by atoms with E-state index in [4.69, 9.17) is 4.42 Å². The van der Waals surface area contributed by atoms with Crippen LogP contribution in [0.15, 0.2) is 229 Å². The van der Waals surface area contributed by atoms with Crippen LogP contribution >= 0.6 is 0 Å². The summed E-state index contributed by atoms with van der Waals surface area (Å²) in [6.45, 7) is 0. The van der Waals surface area contributed by atoms with E-state index in [0.717, 1.165) is 50.1 Å². The van der Waals surface area contributed by atoms with Crippen LogP contribution in [0.4, 0.5) is 17.1 Å². The summed E-state index contributed by atoms with van der Waals surface area (Å²) in [4.78, 5) is 2.34. The molecule has 0 aliphatic carbocycles. The van der Waals surface area contributed by atoms with Crippen molar-refractivity contribution in [1.82, 2.24) is 0 Å². The van der Waals surface area contributed by atoms with Gasteiger partial charge in [-0.25, -0.2) is 0 Å². The van der Waals surface area contributed by atoms with Crippen LogP contribution in [-0.2, 0) is 0 Å². The van der Waals surface area contributed by atoms with Crippen molar-refractivity contribution in [3.8, 4) is 44.5 Å². The molecular formula is C56H37NO. The van der Waals surface area contributed by atoms with Crippen LogP contribution in [0, 0.1) is 0 Å². The molecule has 0 aliphatic rings. The number of anilines is 3. The Kier molecular flexibility index (Phi) is 8.19. The van der Waals surface area contributed by atoms with Crippen molar-refractivity contribution in [3.63, 3.8) is 0 Å². The molecule has 0 bridgehead atoms. The van der Waals surface area contributed by atoms with Crippen molar-refractivity contribution >= 4 is 60.5 Å². The van der Waals surface area contributed by atoms with E-state index in [1.54, 1.807) is 0 Å². The lowest BCUT2D eigenvalue weighted by molar-refractivity contribution is 0.670. The SMILES string of the molecule is c1ccc(-c2ccc3ccccc3c2)c(-c2ccc(N(c3ccc(-c4ccc5ccccc5c4)cc3)c3ccc(-c4cccc5c4oc4ccccc45)cc3)cc2)c1. The third-order valence-corrected chi connectivity index (χ3v) is 11.5. The van der Waals surface area contributed by atoms with Crippen molar-refractivity contribution in [2.45, 2.75) is 0 Å². The molecule has 11 aromatic rings. The average molecular weight is 740 g/mol. The zero-order valence-electron chi connectivity index (χ0n) is 31.7. The molecule has 0 saturated heterocycles. The summed E-state index contributed by atoms with van der Waals surface area (Å²) < 4.78 is 6.42. The normalized spacial score (nSPS) is 11.4. The van der Waals surface area contributed by atoms with E-state index in [2.05, 4.69) is 217 Å². The highest BCUT2D eigenvalue weighted by Gasteiger charge is 2.17. The van der Waals surface area contributed by atoms with Gasteiger partial charge in [0.15, 0.2) is 0 Å². The Hall–Kier alpha value is -7.68. The van der Waals surface area contributed by atoms with Gasteiger partial charge in [0.25, 0.3) is 0 Å². The molecule has 10 aromatic carbocycles. The van der Waals surface area contributed by atoms with Crippen LogP contribution < -0.4 is 4.90 Å². The summed E-state index contributed by atoms with van der Waals surface area (Å²) in [5, 5.41) is 7.25. The Morgan fingerprint density at radius 3 is 1.34 bits per heavy atom. The lowest BCUT2D eigenvalue weighted by Crippen LogP contribution is -2.09. The Bertz CT molecular complexity index is 3270. The standard InChI is InChI=1S/C56H37NO/c1-3-12-43-36-45(22-20-38(43)10-1)40-24-30-47(31-25-40)57(49-34-28-42(29-35-49)52-17-9-18-54-53-16-7-8-19-55(53)58-56(52)54)48-32-26-41(27-33-48)50-14-5-6-15-51(50)46-23-21-39-11-2-4-13-44(39)37-46/h1-37H. The maximum atomic E-state index is 6.42. The van der Waals surface area contributed by atoms with Crippen LogP contribution in [0.25, 0.3) is 88.0 Å². The Balaban J connectivity index is 0.981. The van der Waals surface area contributed by atoms with Crippen LogP contribution in [0.1, 0.15) is 0 Å². The van der Waals surface area contributed by atoms with Crippen molar-refractivity contribution < 1.29 is 4.42 Å². The third kappa shape index (κ3) is 6.00. The maximum Gasteiger partial charge on any atom is 0.143 e. The summed E-state index contributed by atoms with van der Waals surface area (Å²) >= 11 is 0. The smallest absolute Gasteiger partial charge is 0.143 e. The Morgan fingerprint density at radius 1 is 0.276 bits per heavy atom. The Morgan fingerprint density at radius 2 is 0.707 bits per heavy atom. The lowest BCUT2D eigenvalue weighted by atomic mass is 9.93. The van der Waals surface area contributed by atoms with E-state index in [-0.39, 0.29) is 0 Å². The molecule has 272 valence electrons. The van der Waals surface area contributed by atoms with Crippen LogP contribution in [0.5, 0.6) is 0 Å². The average Bonchev–Trinajstić information content (AvgIpc) is 3.69. The first-order chi connectivity index (χ1) is 28.7. The molecular weight excluding hydrogens is 703 g/mol. The molecule has 0 atom stereocenters. The molecule has 2 heteroatoms. The summed E-state index contributed by atoms with van der Waals surface area (Å²) in [5.41, 5.74) is 14.5. The summed E-state index contributed by atoms with van der Waals surface area (Å²) in [6, 6.07) is 80.7. The zero-order valence-corrected chi connectivity index (χ0v) is 31.7. The number of hydrogen-bond acceptors (Lipinski definition) is 2. The number of furan rings is 1. The highest BCUT2D eigenvalue weighted by Crippen LogP contribution is 2.41. The van der Waals surface area contributed by atoms with Gasteiger partial charge in [-0.2, -0.15) is 0 Å². The molecule has 0 aliphatic heterocycles. The zero-order chi connectivity index (χ0) is 38.4. The van der Waals surface area contributed by atoms with E-state index in [1.165, 1.54) is 54.9 Å². The van der Waals surface area contributed by atoms with Gasteiger partial charge in [0.2, 0.25) is 0 Å². The van der Waals surface area contributed by atoms with Gasteiger partial charge in [-0.3, -0.25) is 0 Å².